The van der Waals surface area contributed by atoms with Crippen LogP contribution in [0.3, 0.4) is 0 Å². The first-order valence-corrected chi connectivity index (χ1v) is 5.61. The maximum absolute atomic E-state index is 10.9. The van der Waals surface area contributed by atoms with Crippen LogP contribution in [0.15, 0.2) is 6.07 Å². The Morgan fingerprint density at radius 1 is 1.50 bits per heavy atom. The molecule has 16 heavy (non-hydrogen) atoms. The van der Waals surface area contributed by atoms with E-state index in [1.165, 1.54) is 0 Å². The molecule has 0 fully saturated rings. The number of unbranched alkanes of at least 4 members (excludes halogenated alkanes) is 1. The standard InChI is InChI=1S/C12H18N2O2/c1-3-5-6-10-8(4-2)7-9(12(15)16)11(13)14-10/h7H,3-6H2,1-2H3,(H2,13,14)(H,15,16). The van der Waals surface area contributed by atoms with Gasteiger partial charge in [-0.1, -0.05) is 20.3 Å². The molecule has 3 N–H and O–H groups in total. The average Bonchev–Trinajstić information content (AvgIpc) is 2.25. The van der Waals surface area contributed by atoms with Gasteiger partial charge in [-0.05, 0) is 30.9 Å². The molecular weight excluding hydrogens is 204 g/mol. The largest absolute Gasteiger partial charge is 0.478 e. The summed E-state index contributed by atoms with van der Waals surface area (Å²) in [6.07, 6.45) is 3.79. The number of hydrogen-bond donors (Lipinski definition) is 2. The van der Waals surface area contributed by atoms with Crippen LogP contribution >= 0.6 is 0 Å². The Kier molecular flexibility index (Phi) is 4.28. The molecule has 0 radical (unpaired) electrons. The van der Waals surface area contributed by atoms with Crippen molar-refractivity contribution >= 4 is 11.8 Å². The summed E-state index contributed by atoms with van der Waals surface area (Å²) in [7, 11) is 0. The number of carboxylic acids is 1. The summed E-state index contributed by atoms with van der Waals surface area (Å²) in [5.41, 5.74) is 7.66. The Morgan fingerprint density at radius 3 is 2.69 bits per heavy atom. The number of pyridine rings is 1. The highest BCUT2D eigenvalue weighted by Gasteiger charge is 2.13. The first kappa shape index (κ1) is 12.5. The molecule has 0 atom stereocenters. The van der Waals surface area contributed by atoms with Crippen molar-refractivity contribution < 1.29 is 9.90 Å². The zero-order valence-electron chi connectivity index (χ0n) is 9.79. The van der Waals surface area contributed by atoms with Crippen LogP contribution in [0.5, 0.6) is 0 Å². The Morgan fingerprint density at radius 2 is 2.19 bits per heavy atom. The van der Waals surface area contributed by atoms with Gasteiger partial charge in [0.05, 0.1) is 0 Å². The van der Waals surface area contributed by atoms with E-state index in [9.17, 15) is 4.79 Å². The second-order valence-corrected chi connectivity index (χ2v) is 3.79. The summed E-state index contributed by atoms with van der Waals surface area (Å²) < 4.78 is 0. The minimum Gasteiger partial charge on any atom is -0.478 e. The van der Waals surface area contributed by atoms with E-state index in [-0.39, 0.29) is 11.4 Å². The molecule has 0 saturated carbocycles. The molecule has 0 unspecified atom stereocenters. The van der Waals surface area contributed by atoms with Crippen LogP contribution in [0.25, 0.3) is 0 Å². The lowest BCUT2D eigenvalue weighted by atomic mass is 10.0. The quantitative estimate of drug-likeness (QED) is 0.801. The van der Waals surface area contributed by atoms with Gasteiger partial charge in [-0.2, -0.15) is 0 Å². The molecule has 1 aromatic rings. The average molecular weight is 222 g/mol. The van der Waals surface area contributed by atoms with E-state index in [2.05, 4.69) is 11.9 Å². The molecule has 0 amide bonds. The van der Waals surface area contributed by atoms with E-state index in [4.69, 9.17) is 10.8 Å². The van der Waals surface area contributed by atoms with Gasteiger partial charge in [0, 0.05) is 5.69 Å². The number of aromatic nitrogens is 1. The fourth-order valence-corrected chi connectivity index (χ4v) is 1.65. The van der Waals surface area contributed by atoms with Crippen LogP contribution in [-0.4, -0.2) is 16.1 Å². The first-order chi connectivity index (χ1) is 7.60. The minimum atomic E-state index is -1.01. The van der Waals surface area contributed by atoms with Crippen LogP contribution in [0.4, 0.5) is 5.82 Å². The van der Waals surface area contributed by atoms with Crippen LogP contribution < -0.4 is 5.73 Å². The van der Waals surface area contributed by atoms with E-state index < -0.39 is 5.97 Å². The van der Waals surface area contributed by atoms with Gasteiger partial charge in [0.1, 0.15) is 11.4 Å². The number of nitrogens with zero attached hydrogens (tertiary/aromatic N) is 1. The van der Waals surface area contributed by atoms with Crippen LogP contribution in [-0.2, 0) is 12.8 Å². The summed E-state index contributed by atoms with van der Waals surface area (Å²) in [6.45, 7) is 4.11. The molecule has 4 heteroatoms. The van der Waals surface area contributed by atoms with Crippen molar-refractivity contribution in [2.75, 3.05) is 5.73 Å². The fraction of sp³-hybridized carbons (Fsp3) is 0.500. The lowest BCUT2D eigenvalue weighted by molar-refractivity contribution is 0.0697. The van der Waals surface area contributed by atoms with Crippen molar-refractivity contribution in [3.8, 4) is 0 Å². The summed E-state index contributed by atoms with van der Waals surface area (Å²) in [5, 5.41) is 8.93. The second kappa shape index (κ2) is 5.49. The molecule has 0 aromatic carbocycles. The van der Waals surface area contributed by atoms with E-state index in [0.29, 0.717) is 0 Å². The molecule has 88 valence electrons. The normalized spacial score (nSPS) is 10.4. The maximum atomic E-state index is 10.9. The van der Waals surface area contributed by atoms with Crippen molar-refractivity contribution in [3.05, 3.63) is 22.9 Å². The second-order valence-electron chi connectivity index (χ2n) is 3.79. The number of hydrogen-bond acceptors (Lipinski definition) is 3. The third-order valence-corrected chi connectivity index (χ3v) is 2.60. The molecule has 0 aliphatic rings. The number of rotatable bonds is 5. The van der Waals surface area contributed by atoms with Gasteiger partial charge >= 0.3 is 5.97 Å². The monoisotopic (exact) mass is 222 g/mol. The zero-order valence-corrected chi connectivity index (χ0v) is 9.79. The Balaban J connectivity index is 3.10. The Bertz CT molecular complexity index is 389. The highest BCUT2D eigenvalue weighted by atomic mass is 16.4. The van der Waals surface area contributed by atoms with Crippen LogP contribution in [0.1, 0.15) is 48.3 Å². The Labute approximate surface area is 95.5 Å². The molecule has 0 bridgehead atoms. The molecule has 0 aliphatic heterocycles. The van der Waals surface area contributed by atoms with E-state index in [1.54, 1.807) is 6.07 Å². The number of aromatic carboxylic acids is 1. The highest BCUT2D eigenvalue weighted by molar-refractivity contribution is 5.92. The first-order valence-electron chi connectivity index (χ1n) is 5.61. The lowest BCUT2D eigenvalue weighted by Crippen LogP contribution is -2.09. The number of carbonyl (C=O) groups is 1. The molecule has 0 saturated heterocycles. The Hall–Kier alpha value is -1.58. The molecule has 4 nitrogen and oxygen atoms in total. The number of anilines is 1. The van der Waals surface area contributed by atoms with Gasteiger partial charge in [-0.25, -0.2) is 9.78 Å². The summed E-state index contributed by atoms with van der Waals surface area (Å²) in [4.78, 5) is 15.1. The van der Waals surface area contributed by atoms with Crippen molar-refractivity contribution in [1.29, 1.82) is 0 Å². The minimum absolute atomic E-state index is 0.108. The van der Waals surface area contributed by atoms with Gasteiger partial charge < -0.3 is 10.8 Å². The SMILES string of the molecule is CCCCc1nc(N)c(C(=O)O)cc1CC. The van der Waals surface area contributed by atoms with Crippen molar-refractivity contribution in [3.63, 3.8) is 0 Å². The fourth-order valence-electron chi connectivity index (χ4n) is 1.65. The topological polar surface area (TPSA) is 76.2 Å². The third-order valence-electron chi connectivity index (χ3n) is 2.60. The van der Waals surface area contributed by atoms with Crippen molar-refractivity contribution in [2.24, 2.45) is 0 Å². The molecule has 1 aromatic heterocycles. The van der Waals surface area contributed by atoms with Crippen molar-refractivity contribution in [1.82, 2.24) is 4.98 Å². The molecular formula is C12H18N2O2. The number of nitrogens with two attached hydrogens (primary N) is 1. The lowest BCUT2D eigenvalue weighted by Gasteiger charge is -2.09. The third kappa shape index (κ3) is 2.72. The van der Waals surface area contributed by atoms with Crippen LogP contribution in [0, 0.1) is 0 Å². The van der Waals surface area contributed by atoms with Gasteiger partial charge in [-0.15, -0.1) is 0 Å². The van der Waals surface area contributed by atoms with Gasteiger partial charge in [0.25, 0.3) is 0 Å². The van der Waals surface area contributed by atoms with Gasteiger partial charge in [-0.3, -0.25) is 0 Å². The summed E-state index contributed by atoms with van der Waals surface area (Å²) in [6, 6.07) is 1.65. The predicted octanol–water partition coefficient (Wildman–Crippen LogP) is 2.27. The van der Waals surface area contributed by atoms with E-state index in [0.717, 1.165) is 36.9 Å². The molecule has 1 heterocycles. The van der Waals surface area contributed by atoms with E-state index >= 15 is 0 Å². The molecule has 0 spiro atoms. The summed E-state index contributed by atoms with van der Waals surface area (Å²) >= 11 is 0. The van der Waals surface area contributed by atoms with Crippen LogP contribution in [0.2, 0.25) is 0 Å². The zero-order chi connectivity index (χ0) is 12.1. The number of carboxylic acid groups (broad SMARTS) is 1. The molecule has 1 rings (SSSR count). The predicted molar refractivity (Wildman–Crippen MR) is 63.6 cm³/mol. The van der Waals surface area contributed by atoms with Gasteiger partial charge in [0.2, 0.25) is 0 Å². The number of aryl methyl sites for hydroxylation is 2. The highest BCUT2D eigenvalue weighted by Crippen LogP contribution is 2.17. The van der Waals surface area contributed by atoms with Gasteiger partial charge in [0.15, 0.2) is 0 Å². The number of nitrogen functional groups attached to an aromatic ring is 1. The maximum Gasteiger partial charge on any atom is 0.339 e. The summed E-state index contributed by atoms with van der Waals surface area (Å²) in [5.74, 6) is -0.891. The van der Waals surface area contributed by atoms with E-state index in [1.807, 2.05) is 6.92 Å². The molecule has 0 aliphatic carbocycles. The smallest absolute Gasteiger partial charge is 0.339 e. The van der Waals surface area contributed by atoms with Crippen molar-refractivity contribution in [2.45, 2.75) is 39.5 Å².